The number of benzene rings is 4. The van der Waals surface area contributed by atoms with Crippen molar-refractivity contribution in [3.05, 3.63) is 131 Å². The molecule has 0 saturated heterocycles. The second-order valence-electron chi connectivity index (χ2n) is 7.60. The summed E-state index contributed by atoms with van der Waals surface area (Å²) in [6, 6.07) is 36.4. The van der Waals surface area contributed by atoms with Crippen LogP contribution in [-0.4, -0.2) is 0 Å². The van der Waals surface area contributed by atoms with E-state index >= 15 is 0 Å². The largest absolute Gasteiger partial charge is 0.311 e. The lowest BCUT2D eigenvalue weighted by molar-refractivity contribution is 1.28. The maximum absolute atomic E-state index is 2.28. The zero-order valence-corrected chi connectivity index (χ0v) is 18.1. The van der Waals surface area contributed by atoms with E-state index in [1.165, 1.54) is 22.3 Å². The molecule has 0 N–H and O–H groups in total. The van der Waals surface area contributed by atoms with Crippen molar-refractivity contribution in [2.24, 2.45) is 0 Å². The molecule has 1 nitrogen and oxygen atoms in total. The zero-order chi connectivity index (χ0) is 21.5. The number of allylic oxidation sites excluding steroid dienone is 1. The molecule has 0 aliphatic carbocycles. The van der Waals surface area contributed by atoms with Crippen LogP contribution >= 0.6 is 0 Å². The molecule has 4 aromatic carbocycles. The summed E-state index contributed by atoms with van der Waals surface area (Å²) < 4.78 is 0. The molecular weight excluding hydrogens is 374 g/mol. The monoisotopic (exact) mass is 401 g/mol. The number of anilines is 3. The Morgan fingerprint density at radius 3 is 1.39 bits per heavy atom. The summed E-state index contributed by atoms with van der Waals surface area (Å²) in [6.07, 6.45) is 8.50. The van der Waals surface area contributed by atoms with Crippen molar-refractivity contribution in [1.29, 1.82) is 0 Å². The van der Waals surface area contributed by atoms with Gasteiger partial charge in [0.2, 0.25) is 0 Å². The lowest BCUT2D eigenvalue weighted by atomic mass is 10.1. The van der Waals surface area contributed by atoms with Gasteiger partial charge in [-0.3, -0.25) is 0 Å². The Hall–Kier alpha value is -3.84. The molecule has 0 saturated carbocycles. The predicted octanol–water partition coefficient (Wildman–Crippen LogP) is 8.67. The zero-order valence-electron chi connectivity index (χ0n) is 18.1. The van der Waals surface area contributed by atoms with Gasteiger partial charge in [0.15, 0.2) is 0 Å². The molecule has 4 rings (SSSR count). The first-order valence-corrected chi connectivity index (χ1v) is 10.7. The van der Waals surface area contributed by atoms with Crippen LogP contribution in [0, 0.1) is 6.92 Å². The van der Waals surface area contributed by atoms with Crippen molar-refractivity contribution in [1.82, 2.24) is 0 Å². The van der Waals surface area contributed by atoms with Crippen LogP contribution in [0.2, 0.25) is 0 Å². The van der Waals surface area contributed by atoms with Crippen LogP contribution in [0.4, 0.5) is 17.1 Å². The quantitative estimate of drug-likeness (QED) is 0.292. The van der Waals surface area contributed by atoms with Gasteiger partial charge >= 0.3 is 0 Å². The Bertz CT molecular complexity index is 1150. The van der Waals surface area contributed by atoms with Crippen LogP contribution in [0.15, 0.2) is 109 Å². The van der Waals surface area contributed by atoms with Gasteiger partial charge in [-0.05, 0) is 66.9 Å². The van der Waals surface area contributed by atoms with E-state index in [9.17, 15) is 0 Å². The van der Waals surface area contributed by atoms with Crippen molar-refractivity contribution in [2.75, 3.05) is 4.90 Å². The van der Waals surface area contributed by atoms with Crippen LogP contribution in [0.5, 0.6) is 0 Å². The minimum absolute atomic E-state index is 1.14. The van der Waals surface area contributed by atoms with Gasteiger partial charge in [-0.25, -0.2) is 0 Å². The van der Waals surface area contributed by atoms with Gasteiger partial charge < -0.3 is 4.90 Å². The Morgan fingerprint density at radius 1 is 0.484 bits per heavy atom. The fraction of sp³-hybridized carbons (Fsp3) is 0.0667. The van der Waals surface area contributed by atoms with E-state index in [2.05, 4.69) is 139 Å². The summed E-state index contributed by atoms with van der Waals surface area (Å²) in [7, 11) is 0. The second kappa shape index (κ2) is 9.77. The number of aryl methyl sites for hydroxylation is 1. The molecular formula is C30H27N. The molecule has 0 aromatic heterocycles. The first-order valence-electron chi connectivity index (χ1n) is 10.7. The standard InChI is InChI=1S/C30H27N/c1-3-7-25-16-20-29(21-17-25)31(28-8-5-4-6-9-28)30-22-18-27(19-23-30)15-14-26-12-10-24(2)11-13-26/h3-23H,1-2H3. The molecule has 0 amide bonds. The van der Waals surface area contributed by atoms with Gasteiger partial charge in [-0.15, -0.1) is 0 Å². The van der Waals surface area contributed by atoms with Gasteiger partial charge in [-0.2, -0.15) is 0 Å². The lowest BCUT2D eigenvalue weighted by Crippen LogP contribution is -2.09. The molecule has 4 aromatic rings. The highest BCUT2D eigenvalue weighted by Gasteiger charge is 2.11. The van der Waals surface area contributed by atoms with E-state index in [1.807, 2.05) is 6.92 Å². The highest BCUT2D eigenvalue weighted by Crippen LogP contribution is 2.34. The van der Waals surface area contributed by atoms with Crippen LogP contribution < -0.4 is 4.90 Å². The van der Waals surface area contributed by atoms with E-state index in [4.69, 9.17) is 0 Å². The SMILES string of the molecule is CC=Cc1ccc(N(c2ccccc2)c2ccc(C=Cc3ccc(C)cc3)cc2)cc1. The predicted molar refractivity (Wildman–Crippen MR) is 136 cm³/mol. The Balaban J connectivity index is 1.63. The molecule has 0 aliphatic heterocycles. The van der Waals surface area contributed by atoms with E-state index in [0.717, 1.165) is 17.1 Å². The van der Waals surface area contributed by atoms with Crippen molar-refractivity contribution >= 4 is 35.3 Å². The van der Waals surface area contributed by atoms with Gasteiger partial charge in [-0.1, -0.05) is 96.6 Å². The molecule has 31 heavy (non-hydrogen) atoms. The maximum atomic E-state index is 2.28. The van der Waals surface area contributed by atoms with E-state index in [-0.39, 0.29) is 0 Å². The fourth-order valence-electron chi connectivity index (χ4n) is 3.56. The van der Waals surface area contributed by atoms with E-state index < -0.39 is 0 Å². The highest BCUT2D eigenvalue weighted by atomic mass is 15.1. The second-order valence-corrected chi connectivity index (χ2v) is 7.60. The third-order valence-electron chi connectivity index (χ3n) is 5.22. The van der Waals surface area contributed by atoms with Crippen LogP contribution in [-0.2, 0) is 0 Å². The molecule has 0 unspecified atom stereocenters. The minimum atomic E-state index is 1.14. The van der Waals surface area contributed by atoms with Crippen LogP contribution in [0.3, 0.4) is 0 Å². The summed E-state index contributed by atoms with van der Waals surface area (Å²) >= 11 is 0. The van der Waals surface area contributed by atoms with Crippen molar-refractivity contribution in [3.63, 3.8) is 0 Å². The number of nitrogens with zero attached hydrogens (tertiary/aromatic N) is 1. The van der Waals surface area contributed by atoms with E-state index in [0.29, 0.717) is 0 Å². The van der Waals surface area contributed by atoms with Crippen LogP contribution in [0.1, 0.15) is 29.2 Å². The first kappa shape index (κ1) is 20.4. The Morgan fingerprint density at radius 2 is 0.903 bits per heavy atom. The first-order chi connectivity index (χ1) is 15.2. The highest BCUT2D eigenvalue weighted by molar-refractivity contribution is 5.78. The molecule has 1 heteroatoms. The van der Waals surface area contributed by atoms with Crippen molar-refractivity contribution in [2.45, 2.75) is 13.8 Å². The summed E-state index contributed by atoms with van der Waals surface area (Å²) in [6.45, 7) is 4.15. The summed E-state index contributed by atoms with van der Waals surface area (Å²) in [5.74, 6) is 0. The number of hydrogen-bond donors (Lipinski definition) is 0. The smallest absolute Gasteiger partial charge is 0.0462 e. The molecule has 0 fully saturated rings. The third-order valence-corrected chi connectivity index (χ3v) is 5.22. The third kappa shape index (κ3) is 5.21. The minimum Gasteiger partial charge on any atom is -0.311 e. The topological polar surface area (TPSA) is 3.24 Å². The van der Waals surface area contributed by atoms with E-state index in [1.54, 1.807) is 0 Å². The average Bonchev–Trinajstić information content (AvgIpc) is 2.82. The molecule has 0 spiro atoms. The van der Waals surface area contributed by atoms with Crippen molar-refractivity contribution < 1.29 is 0 Å². The van der Waals surface area contributed by atoms with Crippen LogP contribution in [0.25, 0.3) is 18.2 Å². The summed E-state index contributed by atoms with van der Waals surface area (Å²) in [5, 5.41) is 0. The maximum Gasteiger partial charge on any atom is 0.0462 e. The van der Waals surface area contributed by atoms with Crippen molar-refractivity contribution in [3.8, 4) is 0 Å². The Kier molecular flexibility index (Phi) is 6.44. The number of para-hydroxylation sites is 1. The van der Waals surface area contributed by atoms with Gasteiger partial charge in [0.1, 0.15) is 0 Å². The summed E-state index contributed by atoms with van der Waals surface area (Å²) in [5.41, 5.74) is 8.30. The molecule has 0 aliphatic rings. The molecule has 0 atom stereocenters. The molecule has 0 heterocycles. The van der Waals surface area contributed by atoms with Gasteiger partial charge in [0.05, 0.1) is 0 Å². The number of hydrogen-bond acceptors (Lipinski definition) is 1. The number of rotatable bonds is 6. The molecule has 152 valence electrons. The molecule has 0 radical (unpaired) electrons. The average molecular weight is 402 g/mol. The van der Waals surface area contributed by atoms with Gasteiger partial charge in [0, 0.05) is 17.1 Å². The molecule has 0 bridgehead atoms. The lowest BCUT2D eigenvalue weighted by Gasteiger charge is -2.25. The Labute approximate surface area is 185 Å². The summed E-state index contributed by atoms with van der Waals surface area (Å²) in [4.78, 5) is 2.28. The fourth-order valence-corrected chi connectivity index (χ4v) is 3.56. The van der Waals surface area contributed by atoms with Gasteiger partial charge in [0.25, 0.3) is 0 Å². The normalized spacial score (nSPS) is 11.3.